The van der Waals surface area contributed by atoms with Gasteiger partial charge in [0.2, 0.25) is 6.79 Å². The molecule has 0 rings (SSSR count). The molecule has 0 aromatic rings. The highest BCUT2D eigenvalue weighted by Gasteiger charge is 2.04. The Balaban J connectivity index is 3.27. The number of carbonyl (C=O) groups is 2. The van der Waals surface area contributed by atoms with Crippen LogP contribution < -0.4 is 0 Å². The summed E-state index contributed by atoms with van der Waals surface area (Å²) in [6.45, 7) is 3.88. The quantitative estimate of drug-likeness (QED) is 0.270. The monoisotopic (exact) mass is 176 g/mol. The van der Waals surface area contributed by atoms with Gasteiger partial charge in [0.25, 0.3) is 6.47 Å². The third kappa shape index (κ3) is 6.85. The summed E-state index contributed by atoms with van der Waals surface area (Å²) in [5, 5.41) is 0. The second-order valence-corrected chi connectivity index (χ2v) is 2.48. The van der Waals surface area contributed by atoms with Gasteiger partial charge in [-0.25, -0.2) is 4.79 Å². The maximum Gasteiger partial charge on any atom is 0.511 e. The highest BCUT2D eigenvalue weighted by Crippen LogP contribution is 1.94. The Morgan fingerprint density at radius 3 is 2.58 bits per heavy atom. The van der Waals surface area contributed by atoms with Gasteiger partial charge < -0.3 is 14.2 Å². The van der Waals surface area contributed by atoms with E-state index in [2.05, 4.69) is 14.2 Å². The first-order valence-electron chi connectivity index (χ1n) is 3.51. The molecule has 12 heavy (non-hydrogen) atoms. The van der Waals surface area contributed by atoms with Crippen molar-refractivity contribution in [3.8, 4) is 0 Å². The van der Waals surface area contributed by atoms with Crippen LogP contribution in [-0.2, 0) is 19.0 Å². The smallest absolute Gasteiger partial charge is 0.434 e. The van der Waals surface area contributed by atoms with Crippen molar-refractivity contribution in [3.05, 3.63) is 0 Å². The molecule has 0 unspecified atom stereocenters. The van der Waals surface area contributed by atoms with Crippen molar-refractivity contribution in [2.45, 2.75) is 13.8 Å². The third-order valence-corrected chi connectivity index (χ3v) is 0.847. The minimum Gasteiger partial charge on any atom is -0.434 e. The van der Waals surface area contributed by atoms with E-state index in [0.29, 0.717) is 6.61 Å². The molecule has 0 aliphatic heterocycles. The summed E-state index contributed by atoms with van der Waals surface area (Å²) in [7, 11) is 0. The molecule has 5 nitrogen and oxygen atoms in total. The summed E-state index contributed by atoms with van der Waals surface area (Å²) >= 11 is 0. The summed E-state index contributed by atoms with van der Waals surface area (Å²) < 4.78 is 13.0. The van der Waals surface area contributed by atoms with Crippen LogP contribution in [0.1, 0.15) is 13.8 Å². The summed E-state index contributed by atoms with van der Waals surface area (Å²) in [4.78, 5) is 20.2. The molecule has 0 aliphatic rings. The van der Waals surface area contributed by atoms with Gasteiger partial charge in [0, 0.05) is 0 Å². The fourth-order valence-electron chi connectivity index (χ4n) is 0.386. The van der Waals surface area contributed by atoms with Gasteiger partial charge in [0.1, 0.15) is 0 Å². The Kier molecular flexibility index (Phi) is 5.77. The average molecular weight is 176 g/mol. The van der Waals surface area contributed by atoms with Crippen molar-refractivity contribution >= 4 is 12.6 Å². The van der Waals surface area contributed by atoms with Crippen molar-refractivity contribution in [2.24, 2.45) is 5.92 Å². The topological polar surface area (TPSA) is 61.8 Å². The largest absolute Gasteiger partial charge is 0.511 e. The Labute approximate surface area is 70.6 Å². The van der Waals surface area contributed by atoms with Crippen molar-refractivity contribution in [2.75, 3.05) is 13.4 Å². The lowest BCUT2D eigenvalue weighted by Gasteiger charge is -2.06. The Morgan fingerprint density at radius 2 is 2.08 bits per heavy atom. The van der Waals surface area contributed by atoms with E-state index in [0.717, 1.165) is 0 Å². The maximum absolute atomic E-state index is 10.6. The maximum atomic E-state index is 10.6. The van der Waals surface area contributed by atoms with Crippen molar-refractivity contribution < 1.29 is 23.8 Å². The number of rotatable bonds is 5. The van der Waals surface area contributed by atoms with E-state index in [1.165, 1.54) is 0 Å². The molecular weight excluding hydrogens is 164 g/mol. The number of hydrogen-bond acceptors (Lipinski definition) is 5. The lowest BCUT2D eigenvalue weighted by molar-refractivity contribution is -0.137. The van der Waals surface area contributed by atoms with Crippen molar-refractivity contribution in [1.82, 2.24) is 0 Å². The summed E-state index contributed by atoms with van der Waals surface area (Å²) in [6, 6.07) is 0. The normalized spacial score (nSPS) is 9.25. The standard InChI is InChI=1S/C7H12O5/c1-6(2)3-11-7(9)12-5-10-4-8/h4,6H,3,5H2,1-2H3. The molecule has 70 valence electrons. The van der Waals surface area contributed by atoms with Crippen LogP contribution in [0.25, 0.3) is 0 Å². The van der Waals surface area contributed by atoms with Gasteiger partial charge in [0.05, 0.1) is 6.61 Å². The second-order valence-electron chi connectivity index (χ2n) is 2.48. The molecule has 0 saturated carbocycles. The molecular formula is C7H12O5. The molecule has 0 aromatic heterocycles. The van der Waals surface area contributed by atoms with Crippen LogP contribution in [-0.4, -0.2) is 26.0 Å². The lowest BCUT2D eigenvalue weighted by Crippen LogP contribution is -2.13. The molecule has 0 radical (unpaired) electrons. The molecule has 0 atom stereocenters. The minimum absolute atomic E-state index is 0.190. The molecule has 0 heterocycles. The molecule has 5 heteroatoms. The molecule has 0 N–H and O–H groups in total. The molecule has 0 aliphatic carbocycles. The number of carbonyl (C=O) groups excluding carboxylic acids is 2. The van der Waals surface area contributed by atoms with E-state index in [-0.39, 0.29) is 12.4 Å². The van der Waals surface area contributed by atoms with Gasteiger partial charge in [-0.2, -0.15) is 0 Å². The third-order valence-electron chi connectivity index (χ3n) is 0.847. The number of ether oxygens (including phenoxy) is 3. The molecule has 0 amide bonds. The van der Waals surface area contributed by atoms with Gasteiger partial charge >= 0.3 is 6.16 Å². The van der Waals surface area contributed by atoms with Gasteiger partial charge in [-0.15, -0.1) is 0 Å². The summed E-state index contributed by atoms with van der Waals surface area (Å²) in [6.07, 6.45) is -0.828. The first-order valence-corrected chi connectivity index (χ1v) is 3.51. The Morgan fingerprint density at radius 1 is 1.42 bits per heavy atom. The highest BCUT2D eigenvalue weighted by atomic mass is 16.8. The Hall–Kier alpha value is -1.26. The van der Waals surface area contributed by atoms with Crippen LogP contribution in [0.4, 0.5) is 4.79 Å². The van der Waals surface area contributed by atoms with E-state index in [9.17, 15) is 9.59 Å². The van der Waals surface area contributed by atoms with Crippen molar-refractivity contribution in [3.63, 3.8) is 0 Å². The zero-order valence-corrected chi connectivity index (χ0v) is 7.11. The van der Waals surface area contributed by atoms with E-state index in [1.807, 2.05) is 13.8 Å². The van der Waals surface area contributed by atoms with Gasteiger partial charge in [-0.05, 0) is 5.92 Å². The number of hydrogen-bond donors (Lipinski definition) is 0. The van der Waals surface area contributed by atoms with Gasteiger partial charge in [0.15, 0.2) is 0 Å². The molecule has 0 saturated heterocycles. The SMILES string of the molecule is CC(C)COC(=O)OCOC=O. The highest BCUT2D eigenvalue weighted by molar-refractivity contribution is 5.59. The van der Waals surface area contributed by atoms with Crippen LogP contribution in [0.5, 0.6) is 0 Å². The second kappa shape index (κ2) is 6.45. The molecule has 0 bridgehead atoms. The minimum atomic E-state index is -0.828. The van der Waals surface area contributed by atoms with Gasteiger partial charge in [-0.3, -0.25) is 4.79 Å². The van der Waals surface area contributed by atoms with E-state index in [4.69, 9.17) is 0 Å². The first-order chi connectivity index (χ1) is 5.66. The van der Waals surface area contributed by atoms with Crippen LogP contribution in [0, 0.1) is 5.92 Å². The fraction of sp³-hybridized carbons (Fsp3) is 0.714. The van der Waals surface area contributed by atoms with Crippen LogP contribution in [0.2, 0.25) is 0 Å². The summed E-state index contributed by atoms with van der Waals surface area (Å²) in [5.74, 6) is 0.254. The molecule has 0 fully saturated rings. The van der Waals surface area contributed by atoms with E-state index < -0.39 is 12.9 Å². The van der Waals surface area contributed by atoms with E-state index in [1.54, 1.807) is 0 Å². The first kappa shape index (κ1) is 10.7. The Bertz CT molecular complexity index is 143. The molecule has 0 spiro atoms. The lowest BCUT2D eigenvalue weighted by atomic mass is 10.2. The van der Waals surface area contributed by atoms with Crippen LogP contribution >= 0.6 is 0 Å². The van der Waals surface area contributed by atoms with Crippen LogP contribution in [0.3, 0.4) is 0 Å². The van der Waals surface area contributed by atoms with Crippen LogP contribution in [0.15, 0.2) is 0 Å². The summed E-state index contributed by atoms with van der Waals surface area (Å²) in [5.41, 5.74) is 0. The zero-order chi connectivity index (χ0) is 9.40. The zero-order valence-electron chi connectivity index (χ0n) is 7.11. The van der Waals surface area contributed by atoms with Crippen molar-refractivity contribution in [1.29, 1.82) is 0 Å². The average Bonchev–Trinajstić information content (AvgIpc) is 2.01. The van der Waals surface area contributed by atoms with Gasteiger partial charge in [-0.1, -0.05) is 13.8 Å². The predicted molar refractivity (Wildman–Crippen MR) is 39.3 cm³/mol. The fourth-order valence-corrected chi connectivity index (χ4v) is 0.386. The predicted octanol–water partition coefficient (Wildman–Crippen LogP) is 0.926. The van der Waals surface area contributed by atoms with E-state index >= 15 is 0 Å². The molecule has 0 aromatic carbocycles.